The lowest BCUT2D eigenvalue weighted by Gasteiger charge is -2.43. The summed E-state index contributed by atoms with van der Waals surface area (Å²) in [7, 11) is 1.46. The Hall–Kier alpha value is -2.88. The maximum absolute atomic E-state index is 13.9. The summed E-state index contributed by atoms with van der Waals surface area (Å²) in [5, 5.41) is 26.1. The van der Waals surface area contributed by atoms with Gasteiger partial charge in [-0.25, -0.2) is 14.3 Å². The number of ether oxygens (including phenoxy) is 3. The molecule has 4 unspecified atom stereocenters. The minimum Gasteiger partial charge on any atom is -0.388 e. The van der Waals surface area contributed by atoms with Gasteiger partial charge in [-0.05, 0) is 31.2 Å². The molecule has 0 radical (unpaired) electrons. The Morgan fingerprint density at radius 2 is 2.05 bits per heavy atom. The number of hydrogen-bond donors (Lipinski definition) is 1. The number of methoxy groups -OCH3 is 1. The molecular weight excluding hydrogens is 561 g/mol. The SMILES string of the molecule is COC1C(n2cc(-c3nc(C)cs3)nn2)[C@H]2OCC(O)C2O[C@H]1c1ccnn1-c1cc(Cl)ccc1C(F)(F)F. The summed E-state index contributed by atoms with van der Waals surface area (Å²) in [4.78, 5) is 4.45. The highest BCUT2D eigenvalue weighted by Gasteiger charge is 2.55. The van der Waals surface area contributed by atoms with Crippen molar-refractivity contribution in [3.05, 3.63) is 64.0 Å². The average Bonchev–Trinajstić information content (AvgIpc) is 3.69. The molecule has 6 atom stereocenters. The Labute approximate surface area is 228 Å². The molecule has 3 aromatic heterocycles. The zero-order valence-electron chi connectivity index (χ0n) is 20.5. The van der Waals surface area contributed by atoms with Crippen LogP contribution in [0.3, 0.4) is 0 Å². The third kappa shape index (κ3) is 4.64. The van der Waals surface area contributed by atoms with E-state index in [2.05, 4.69) is 20.4 Å². The predicted octanol–water partition coefficient (Wildman–Crippen LogP) is 4.02. The smallest absolute Gasteiger partial charge is 0.388 e. The molecule has 2 aliphatic heterocycles. The molecule has 1 aromatic carbocycles. The van der Waals surface area contributed by atoms with Gasteiger partial charge in [-0.1, -0.05) is 16.8 Å². The van der Waals surface area contributed by atoms with Crippen molar-refractivity contribution in [3.63, 3.8) is 0 Å². The van der Waals surface area contributed by atoms with E-state index in [4.69, 9.17) is 25.8 Å². The molecule has 2 saturated heterocycles. The van der Waals surface area contributed by atoms with Crippen LogP contribution < -0.4 is 0 Å². The molecule has 206 valence electrons. The van der Waals surface area contributed by atoms with Crippen LogP contribution in [0.5, 0.6) is 0 Å². The van der Waals surface area contributed by atoms with E-state index < -0.39 is 48.3 Å². The number of hydrogen-bond acceptors (Lipinski definition) is 9. The van der Waals surface area contributed by atoms with E-state index in [-0.39, 0.29) is 23.0 Å². The normalized spacial score (nSPS) is 27.2. The van der Waals surface area contributed by atoms with Crippen LogP contribution in [-0.4, -0.2) is 73.0 Å². The van der Waals surface area contributed by atoms with Crippen LogP contribution in [-0.2, 0) is 20.4 Å². The van der Waals surface area contributed by atoms with Crippen LogP contribution in [0.25, 0.3) is 16.4 Å². The maximum Gasteiger partial charge on any atom is 0.418 e. The summed E-state index contributed by atoms with van der Waals surface area (Å²) in [6, 6.07) is 4.17. The highest BCUT2D eigenvalue weighted by molar-refractivity contribution is 7.13. The lowest BCUT2D eigenvalue weighted by atomic mass is 9.90. The van der Waals surface area contributed by atoms with Gasteiger partial charge in [-0.3, -0.25) is 0 Å². The number of aliphatic hydroxyl groups is 1. The molecule has 0 aliphatic carbocycles. The zero-order valence-corrected chi connectivity index (χ0v) is 22.1. The summed E-state index contributed by atoms with van der Waals surface area (Å²) >= 11 is 7.51. The van der Waals surface area contributed by atoms with Crippen LogP contribution >= 0.6 is 22.9 Å². The number of fused-ring (bicyclic) bond motifs is 1. The second-order valence-corrected chi connectivity index (χ2v) is 10.6. The molecule has 5 heterocycles. The molecule has 2 aliphatic rings. The van der Waals surface area contributed by atoms with Gasteiger partial charge < -0.3 is 19.3 Å². The third-order valence-corrected chi connectivity index (χ3v) is 8.04. The van der Waals surface area contributed by atoms with Gasteiger partial charge in [-0.2, -0.15) is 18.3 Å². The van der Waals surface area contributed by atoms with Gasteiger partial charge in [0, 0.05) is 29.4 Å². The molecule has 6 rings (SSSR count). The van der Waals surface area contributed by atoms with Gasteiger partial charge >= 0.3 is 6.18 Å². The van der Waals surface area contributed by atoms with Crippen LogP contribution in [0.1, 0.15) is 29.1 Å². The van der Waals surface area contributed by atoms with E-state index in [1.54, 1.807) is 16.9 Å². The number of rotatable bonds is 5. The van der Waals surface area contributed by atoms with Crippen LogP contribution in [0, 0.1) is 6.92 Å². The number of nitrogens with zero attached hydrogens (tertiary/aromatic N) is 6. The van der Waals surface area contributed by atoms with Gasteiger partial charge in [0.25, 0.3) is 0 Å². The fraction of sp³-hybridized carbons (Fsp3) is 0.417. The van der Waals surface area contributed by atoms with Crippen molar-refractivity contribution < 1.29 is 32.5 Å². The van der Waals surface area contributed by atoms with Crippen molar-refractivity contribution in [2.75, 3.05) is 13.7 Å². The van der Waals surface area contributed by atoms with Gasteiger partial charge in [0.05, 0.1) is 29.7 Å². The Bertz CT molecular complexity index is 1490. The van der Waals surface area contributed by atoms with Gasteiger partial charge in [0.1, 0.15) is 47.3 Å². The molecule has 39 heavy (non-hydrogen) atoms. The number of thiazole rings is 1. The Morgan fingerprint density at radius 3 is 2.77 bits per heavy atom. The number of halogens is 4. The lowest BCUT2D eigenvalue weighted by Crippen LogP contribution is -2.53. The molecule has 0 saturated carbocycles. The molecule has 1 N–H and O–H groups in total. The molecule has 2 fully saturated rings. The van der Waals surface area contributed by atoms with E-state index in [1.807, 2.05) is 12.3 Å². The Morgan fingerprint density at radius 1 is 1.23 bits per heavy atom. The monoisotopic (exact) mass is 582 g/mol. The van der Waals surface area contributed by atoms with Gasteiger partial charge in [0.2, 0.25) is 0 Å². The predicted molar refractivity (Wildman–Crippen MR) is 133 cm³/mol. The molecule has 0 amide bonds. The molecule has 4 aromatic rings. The average molecular weight is 583 g/mol. The van der Waals surface area contributed by atoms with Crippen LogP contribution in [0.15, 0.2) is 42.0 Å². The second-order valence-electron chi connectivity index (χ2n) is 9.28. The quantitative estimate of drug-likeness (QED) is 0.376. The first-order chi connectivity index (χ1) is 18.7. The summed E-state index contributed by atoms with van der Waals surface area (Å²) in [5.74, 6) is 0. The van der Waals surface area contributed by atoms with Crippen molar-refractivity contribution >= 4 is 22.9 Å². The van der Waals surface area contributed by atoms with Crippen molar-refractivity contribution in [1.29, 1.82) is 0 Å². The number of aromatic nitrogens is 6. The summed E-state index contributed by atoms with van der Waals surface area (Å²) in [5.41, 5.74) is 0.477. The van der Waals surface area contributed by atoms with E-state index >= 15 is 0 Å². The minimum absolute atomic E-state index is 0.00793. The molecule has 0 spiro atoms. The van der Waals surface area contributed by atoms with Crippen molar-refractivity contribution in [2.24, 2.45) is 0 Å². The molecular formula is C24H22ClF3N6O4S. The van der Waals surface area contributed by atoms with E-state index in [0.717, 1.165) is 16.4 Å². The van der Waals surface area contributed by atoms with E-state index in [9.17, 15) is 18.3 Å². The summed E-state index contributed by atoms with van der Waals surface area (Å²) < 4.78 is 62.6. The number of benzene rings is 1. The van der Waals surface area contributed by atoms with Crippen molar-refractivity contribution in [3.8, 4) is 16.4 Å². The number of aliphatic hydroxyl groups excluding tert-OH is 1. The highest BCUT2D eigenvalue weighted by Crippen LogP contribution is 2.45. The van der Waals surface area contributed by atoms with Crippen molar-refractivity contribution in [2.45, 2.75) is 49.7 Å². The van der Waals surface area contributed by atoms with E-state index in [0.29, 0.717) is 10.7 Å². The molecule has 0 bridgehead atoms. The minimum atomic E-state index is -4.66. The largest absolute Gasteiger partial charge is 0.418 e. The fourth-order valence-corrected chi connectivity index (χ4v) is 6.05. The Kier molecular flexibility index (Phi) is 6.72. The molecule has 10 nitrogen and oxygen atoms in total. The first-order valence-corrected chi connectivity index (χ1v) is 13.1. The Balaban J connectivity index is 1.44. The zero-order chi connectivity index (χ0) is 27.5. The topological polar surface area (TPSA) is 109 Å². The van der Waals surface area contributed by atoms with E-state index in [1.165, 1.54) is 36.8 Å². The first kappa shape index (κ1) is 26.3. The van der Waals surface area contributed by atoms with Gasteiger partial charge in [0.15, 0.2) is 0 Å². The maximum atomic E-state index is 13.9. The number of aryl methyl sites for hydroxylation is 1. The van der Waals surface area contributed by atoms with Crippen LogP contribution in [0.4, 0.5) is 13.2 Å². The summed E-state index contributed by atoms with van der Waals surface area (Å²) in [6.45, 7) is 1.88. The van der Waals surface area contributed by atoms with Gasteiger partial charge in [-0.15, -0.1) is 16.4 Å². The third-order valence-electron chi connectivity index (χ3n) is 6.82. The lowest BCUT2D eigenvalue weighted by molar-refractivity contribution is -0.203. The fourth-order valence-electron chi connectivity index (χ4n) is 5.14. The van der Waals surface area contributed by atoms with Crippen molar-refractivity contribution in [1.82, 2.24) is 29.8 Å². The number of alkyl halides is 3. The van der Waals surface area contributed by atoms with Crippen LogP contribution in [0.2, 0.25) is 5.02 Å². The highest BCUT2D eigenvalue weighted by atomic mass is 35.5. The first-order valence-electron chi connectivity index (χ1n) is 11.9. The summed E-state index contributed by atoms with van der Waals surface area (Å²) in [6.07, 6.45) is -5.82. The second kappa shape index (κ2) is 9.94. The molecule has 15 heteroatoms. The standard InChI is InChI=1S/C24H22ClF3N6O4S/c1-11-10-39-23(30-11)14-8-33(32-31-14)18-21(36-2)19(38-20-17(35)9-37-22(18)20)15-5-6-29-34(15)16-7-12(25)3-4-13(16)24(26,27)28/h3-8,10,17-22,35H,9H2,1-2H3/t17?,18?,19-,20?,21?,22+/m0/s1.